The van der Waals surface area contributed by atoms with E-state index in [1.165, 1.54) is 0 Å². The van der Waals surface area contributed by atoms with Crippen LogP contribution in [0, 0.1) is 11.8 Å². The van der Waals surface area contributed by atoms with Crippen LogP contribution in [0.5, 0.6) is 0 Å². The molecule has 0 bridgehead atoms. The van der Waals surface area contributed by atoms with Gasteiger partial charge in [0.1, 0.15) is 6.04 Å². The Hall–Kier alpha value is -1.26. The summed E-state index contributed by atoms with van der Waals surface area (Å²) in [4.78, 5) is 25.4. The summed E-state index contributed by atoms with van der Waals surface area (Å²) in [6.07, 6.45) is 5.82. The van der Waals surface area contributed by atoms with E-state index in [4.69, 9.17) is 0 Å². The summed E-state index contributed by atoms with van der Waals surface area (Å²) in [6.45, 7) is 4.84. The molecule has 3 atom stereocenters. The first-order chi connectivity index (χ1) is 9.50. The SMILES string of the molecule is CC(C)CCNC(=O)N1C(C(=O)O)CC2CCCCC21. The lowest BCUT2D eigenvalue weighted by atomic mass is 9.85. The number of carboxylic acid groups (broad SMARTS) is 1. The number of rotatable bonds is 4. The van der Waals surface area contributed by atoms with E-state index in [9.17, 15) is 14.7 Å². The number of likely N-dealkylation sites (tertiary alicyclic amines) is 1. The molecule has 0 aromatic carbocycles. The van der Waals surface area contributed by atoms with E-state index in [0.29, 0.717) is 24.8 Å². The van der Waals surface area contributed by atoms with Crippen LogP contribution in [-0.4, -0.2) is 40.6 Å². The molecule has 1 aliphatic carbocycles. The van der Waals surface area contributed by atoms with Crippen molar-refractivity contribution in [3.05, 3.63) is 0 Å². The molecule has 0 radical (unpaired) electrons. The molecular weight excluding hydrogens is 256 g/mol. The highest BCUT2D eigenvalue weighted by atomic mass is 16.4. The quantitative estimate of drug-likeness (QED) is 0.832. The molecule has 0 aromatic rings. The van der Waals surface area contributed by atoms with Gasteiger partial charge in [-0.2, -0.15) is 0 Å². The van der Waals surface area contributed by atoms with Crippen LogP contribution >= 0.6 is 0 Å². The zero-order chi connectivity index (χ0) is 14.7. The highest BCUT2D eigenvalue weighted by molar-refractivity contribution is 5.83. The molecule has 20 heavy (non-hydrogen) atoms. The fourth-order valence-electron chi connectivity index (χ4n) is 3.53. The van der Waals surface area contributed by atoms with E-state index in [0.717, 1.165) is 32.1 Å². The monoisotopic (exact) mass is 282 g/mol. The summed E-state index contributed by atoms with van der Waals surface area (Å²) in [7, 11) is 0. The molecule has 114 valence electrons. The van der Waals surface area contributed by atoms with Gasteiger partial charge in [0.25, 0.3) is 0 Å². The van der Waals surface area contributed by atoms with Gasteiger partial charge in [-0.25, -0.2) is 9.59 Å². The molecule has 1 aliphatic heterocycles. The highest BCUT2D eigenvalue weighted by Gasteiger charge is 2.47. The fourth-order valence-corrected chi connectivity index (χ4v) is 3.53. The van der Waals surface area contributed by atoms with E-state index in [2.05, 4.69) is 19.2 Å². The Labute approximate surface area is 120 Å². The fraction of sp³-hybridized carbons (Fsp3) is 0.867. The Kier molecular flexibility index (Phi) is 4.89. The molecule has 3 unspecified atom stereocenters. The molecule has 2 amide bonds. The first-order valence-corrected chi connectivity index (χ1v) is 7.79. The number of urea groups is 1. The maximum absolute atomic E-state index is 12.3. The molecule has 1 saturated carbocycles. The maximum Gasteiger partial charge on any atom is 0.326 e. The largest absolute Gasteiger partial charge is 0.480 e. The van der Waals surface area contributed by atoms with Gasteiger partial charge < -0.3 is 15.3 Å². The smallest absolute Gasteiger partial charge is 0.326 e. The van der Waals surface area contributed by atoms with Crippen molar-refractivity contribution in [2.45, 2.75) is 64.5 Å². The Morgan fingerprint density at radius 2 is 2.00 bits per heavy atom. The van der Waals surface area contributed by atoms with Crippen molar-refractivity contribution in [3.8, 4) is 0 Å². The van der Waals surface area contributed by atoms with Crippen molar-refractivity contribution in [2.24, 2.45) is 11.8 Å². The van der Waals surface area contributed by atoms with Gasteiger partial charge in [-0.3, -0.25) is 0 Å². The normalized spacial score (nSPS) is 29.4. The third-order valence-corrected chi connectivity index (χ3v) is 4.61. The number of hydrogen-bond acceptors (Lipinski definition) is 2. The van der Waals surface area contributed by atoms with Crippen molar-refractivity contribution >= 4 is 12.0 Å². The van der Waals surface area contributed by atoms with Gasteiger partial charge in [-0.15, -0.1) is 0 Å². The molecule has 2 rings (SSSR count). The number of carbonyl (C=O) groups excluding carboxylic acids is 1. The number of carboxylic acids is 1. The zero-order valence-electron chi connectivity index (χ0n) is 12.5. The van der Waals surface area contributed by atoms with Gasteiger partial charge in [0.2, 0.25) is 0 Å². The van der Waals surface area contributed by atoms with Crippen LogP contribution < -0.4 is 5.32 Å². The van der Waals surface area contributed by atoms with Crippen LogP contribution in [-0.2, 0) is 4.79 Å². The minimum Gasteiger partial charge on any atom is -0.480 e. The number of nitrogens with zero attached hydrogens (tertiary/aromatic N) is 1. The predicted molar refractivity (Wildman–Crippen MR) is 76.5 cm³/mol. The molecule has 0 spiro atoms. The minimum atomic E-state index is -0.863. The standard InChI is InChI=1S/C15H26N2O3/c1-10(2)7-8-16-15(20)17-12-6-4-3-5-11(12)9-13(17)14(18)19/h10-13H,3-9H2,1-2H3,(H,16,20)(H,18,19). The van der Waals surface area contributed by atoms with Gasteiger partial charge in [-0.1, -0.05) is 26.7 Å². The van der Waals surface area contributed by atoms with Gasteiger partial charge >= 0.3 is 12.0 Å². The van der Waals surface area contributed by atoms with Crippen molar-refractivity contribution in [1.82, 2.24) is 10.2 Å². The third-order valence-electron chi connectivity index (χ3n) is 4.61. The number of nitrogens with one attached hydrogen (secondary N) is 1. The number of hydrogen-bond donors (Lipinski definition) is 2. The Morgan fingerprint density at radius 1 is 1.30 bits per heavy atom. The first kappa shape index (κ1) is 15.1. The summed E-state index contributed by atoms with van der Waals surface area (Å²) in [6, 6.07) is -0.696. The number of aliphatic carboxylic acids is 1. The van der Waals surface area contributed by atoms with Crippen LogP contribution in [0.1, 0.15) is 52.4 Å². The van der Waals surface area contributed by atoms with Gasteiger partial charge in [0.15, 0.2) is 0 Å². The van der Waals surface area contributed by atoms with Crippen LogP contribution in [0.25, 0.3) is 0 Å². The van der Waals surface area contributed by atoms with Gasteiger partial charge in [0.05, 0.1) is 0 Å². The predicted octanol–water partition coefficient (Wildman–Crippen LogP) is 2.46. The summed E-state index contributed by atoms with van der Waals surface area (Å²) < 4.78 is 0. The average molecular weight is 282 g/mol. The van der Waals surface area contributed by atoms with E-state index in [1.807, 2.05) is 0 Å². The summed E-state index contributed by atoms with van der Waals surface area (Å²) in [5, 5.41) is 12.3. The summed E-state index contributed by atoms with van der Waals surface area (Å²) in [5.74, 6) is 0.0469. The van der Waals surface area contributed by atoms with E-state index in [-0.39, 0.29) is 12.1 Å². The molecule has 1 saturated heterocycles. The van der Waals surface area contributed by atoms with Gasteiger partial charge in [-0.05, 0) is 37.5 Å². The Balaban J connectivity index is 2.01. The number of amides is 2. The van der Waals surface area contributed by atoms with Crippen LogP contribution in [0.4, 0.5) is 4.79 Å². The second-order valence-corrected chi connectivity index (χ2v) is 6.52. The molecule has 5 heteroatoms. The van der Waals surface area contributed by atoms with Gasteiger partial charge in [0, 0.05) is 12.6 Å². The molecule has 2 fully saturated rings. The second-order valence-electron chi connectivity index (χ2n) is 6.52. The highest BCUT2D eigenvalue weighted by Crippen LogP contribution is 2.39. The van der Waals surface area contributed by atoms with E-state index < -0.39 is 12.0 Å². The second kappa shape index (κ2) is 6.46. The molecule has 5 nitrogen and oxygen atoms in total. The number of carbonyl (C=O) groups is 2. The van der Waals surface area contributed by atoms with E-state index >= 15 is 0 Å². The Bertz CT molecular complexity index is 370. The average Bonchev–Trinajstić information content (AvgIpc) is 2.77. The van der Waals surface area contributed by atoms with Crippen LogP contribution in [0.2, 0.25) is 0 Å². The lowest BCUT2D eigenvalue weighted by molar-refractivity contribution is -0.141. The van der Waals surface area contributed by atoms with Crippen molar-refractivity contribution in [3.63, 3.8) is 0 Å². The number of fused-ring (bicyclic) bond motifs is 1. The van der Waals surface area contributed by atoms with Crippen LogP contribution in [0.3, 0.4) is 0 Å². The first-order valence-electron chi connectivity index (χ1n) is 7.79. The topological polar surface area (TPSA) is 69.6 Å². The minimum absolute atomic E-state index is 0.129. The zero-order valence-corrected chi connectivity index (χ0v) is 12.5. The summed E-state index contributed by atoms with van der Waals surface area (Å²) >= 11 is 0. The summed E-state index contributed by atoms with van der Waals surface area (Å²) in [5.41, 5.74) is 0. The molecule has 2 aliphatic rings. The lowest BCUT2D eigenvalue weighted by Gasteiger charge is -2.33. The van der Waals surface area contributed by atoms with Crippen molar-refractivity contribution < 1.29 is 14.7 Å². The molecule has 1 heterocycles. The molecule has 2 N–H and O–H groups in total. The van der Waals surface area contributed by atoms with Crippen LogP contribution in [0.15, 0.2) is 0 Å². The molecular formula is C15H26N2O3. The van der Waals surface area contributed by atoms with E-state index in [1.54, 1.807) is 4.90 Å². The Morgan fingerprint density at radius 3 is 2.65 bits per heavy atom. The maximum atomic E-state index is 12.3. The third kappa shape index (κ3) is 3.25. The van der Waals surface area contributed by atoms with Crippen molar-refractivity contribution in [2.75, 3.05) is 6.54 Å². The van der Waals surface area contributed by atoms with Crippen molar-refractivity contribution in [1.29, 1.82) is 0 Å². The molecule has 0 aromatic heterocycles. The lowest BCUT2D eigenvalue weighted by Crippen LogP contribution is -2.50.